The van der Waals surface area contributed by atoms with Crippen LogP contribution in [0.4, 0.5) is 5.69 Å². The second kappa shape index (κ2) is 7.75. The fraction of sp³-hybridized carbons (Fsp3) is 0.364. The van der Waals surface area contributed by atoms with Crippen LogP contribution in [0.1, 0.15) is 52.6 Å². The van der Waals surface area contributed by atoms with Crippen molar-refractivity contribution in [2.45, 2.75) is 39.2 Å². The van der Waals surface area contributed by atoms with Crippen molar-refractivity contribution in [2.75, 3.05) is 17.5 Å². The maximum Gasteiger partial charge on any atom is 0.256 e. The summed E-state index contributed by atoms with van der Waals surface area (Å²) in [6, 6.07) is 10.7. The minimum absolute atomic E-state index is 0.105. The van der Waals surface area contributed by atoms with Gasteiger partial charge >= 0.3 is 0 Å². The molecule has 1 saturated heterocycles. The number of nitrogens with one attached hydrogen (secondary N) is 2. The molecule has 30 heavy (non-hydrogen) atoms. The largest absolute Gasteiger partial charge is 0.355 e. The normalized spacial score (nSPS) is 17.3. The highest BCUT2D eigenvalue weighted by Gasteiger charge is 2.31. The number of rotatable bonds is 4. The Hall–Kier alpha value is -2.87. The van der Waals surface area contributed by atoms with Gasteiger partial charge in [0.15, 0.2) is 0 Å². The van der Waals surface area contributed by atoms with E-state index in [4.69, 9.17) is 0 Å². The second-order valence-electron chi connectivity index (χ2n) is 8.00. The highest BCUT2D eigenvalue weighted by Crippen LogP contribution is 2.34. The van der Waals surface area contributed by atoms with Gasteiger partial charge in [-0.05, 0) is 62.9 Å². The van der Waals surface area contributed by atoms with E-state index in [0.717, 1.165) is 53.5 Å². The Morgan fingerprint density at radius 1 is 1.20 bits per heavy atom. The third-order valence-corrected chi connectivity index (χ3v) is 6.10. The van der Waals surface area contributed by atoms with E-state index in [-0.39, 0.29) is 11.9 Å². The average Bonchev–Trinajstić information content (AvgIpc) is 3.11. The maximum atomic E-state index is 13.5. The van der Waals surface area contributed by atoms with Crippen molar-refractivity contribution in [3.05, 3.63) is 58.9 Å². The number of benzene rings is 1. The average molecular weight is 427 g/mol. The number of aromatic amines is 1. The topological polar surface area (TPSA) is 95.2 Å². The molecule has 1 fully saturated rings. The van der Waals surface area contributed by atoms with Gasteiger partial charge in [-0.1, -0.05) is 12.1 Å². The molecular weight excluding hydrogens is 400 g/mol. The van der Waals surface area contributed by atoms with Crippen LogP contribution in [-0.4, -0.2) is 42.0 Å². The van der Waals surface area contributed by atoms with Crippen LogP contribution in [0.5, 0.6) is 0 Å². The quantitative estimate of drug-likeness (QED) is 0.661. The molecule has 0 saturated carbocycles. The summed E-state index contributed by atoms with van der Waals surface area (Å²) >= 11 is 0. The van der Waals surface area contributed by atoms with E-state index < -0.39 is 10.0 Å². The molecule has 1 atom stereocenters. The molecule has 1 aliphatic heterocycles. The summed E-state index contributed by atoms with van der Waals surface area (Å²) in [5, 5.41) is 0. The Morgan fingerprint density at radius 2 is 1.97 bits per heavy atom. The van der Waals surface area contributed by atoms with Crippen molar-refractivity contribution in [3.63, 3.8) is 0 Å². The number of amides is 1. The number of likely N-dealkylation sites (tertiary alicyclic amines) is 1. The number of hydrogen-bond donors (Lipinski definition) is 2. The summed E-state index contributed by atoms with van der Waals surface area (Å²) in [5.74, 6) is -0.175. The minimum atomic E-state index is -3.49. The van der Waals surface area contributed by atoms with Crippen molar-refractivity contribution in [2.24, 2.45) is 0 Å². The number of piperidine rings is 1. The molecule has 158 valence electrons. The van der Waals surface area contributed by atoms with Crippen LogP contribution in [0, 0.1) is 13.8 Å². The monoisotopic (exact) mass is 426 g/mol. The zero-order valence-electron chi connectivity index (χ0n) is 17.4. The molecule has 3 heterocycles. The lowest BCUT2D eigenvalue weighted by Gasteiger charge is -2.35. The number of aromatic nitrogens is 2. The second-order valence-corrected chi connectivity index (χ2v) is 9.74. The van der Waals surface area contributed by atoms with Crippen LogP contribution in [0.2, 0.25) is 0 Å². The van der Waals surface area contributed by atoms with Gasteiger partial charge in [0.25, 0.3) is 5.91 Å². The predicted octanol–water partition coefficient (Wildman–Crippen LogP) is 3.92. The molecular formula is C22H26N4O3S. The van der Waals surface area contributed by atoms with E-state index >= 15 is 0 Å². The summed E-state index contributed by atoms with van der Waals surface area (Å²) in [7, 11) is -3.49. The van der Waals surface area contributed by atoms with Gasteiger partial charge in [0, 0.05) is 17.9 Å². The van der Waals surface area contributed by atoms with Crippen molar-refractivity contribution >= 4 is 32.7 Å². The van der Waals surface area contributed by atoms with Crippen LogP contribution in [0.3, 0.4) is 0 Å². The first-order chi connectivity index (χ1) is 14.2. The number of carbonyl (C=O) groups excluding carboxylic acids is 1. The van der Waals surface area contributed by atoms with E-state index in [1.807, 2.05) is 30.9 Å². The van der Waals surface area contributed by atoms with Gasteiger partial charge in [0.05, 0.1) is 34.6 Å². The van der Waals surface area contributed by atoms with Gasteiger partial charge in [-0.2, -0.15) is 0 Å². The Labute approximate surface area is 176 Å². The molecule has 7 nitrogen and oxygen atoms in total. The van der Waals surface area contributed by atoms with Crippen molar-refractivity contribution in [1.82, 2.24) is 14.9 Å². The molecule has 0 radical (unpaired) electrons. The third kappa shape index (κ3) is 4.05. The number of anilines is 1. The SMILES string of the molecule is Cc1cc(C)c2[nH]c([C@H]3CCCCN3C(=O)c3ccccc3NS(C)(=O)=O)cc2n1. The van der Waals surface area contributed by atoms with Crippen LogP contribution >= 0.6 is 0 Å². The summed E-state index contributed by atoms with van der Waals surface area (Å²) in [4.78, 5) is 23.4. The number of para-hydroxylation sites is 1. The summed E-state index contributed by atoms with van der Waals surface area (Å²) in [6.45, 7) is 4.65. The van der Waals surface area contributed by atoms with Gasteiger partial charge < -0.3 is 9.88 Å². The minimum Gasteiger partial charge on any atom is -0.355 e. The summed E-state index contributed by atoms with van der Waals surface area (Å²) < 4.78 is 26.0. The lowest BCUT2D eigenvalue weighted by Crippen LogP contribution is -2.39. The highest BCUT2D eigenvalue weighted by atomic mass is 32.2. The molecule has 4 rings (SSSR count). The Kier molecular flexibility index (Phi) is 5.27. The molecule has 1 amide bonds. The molecule has 0 bridgehead atoms. The number of fused-ring (bicyclic) bond motifs is 1. The van der Waals surface area contributed by atoms with Gasteiger partial charge in [-0.25, -0.2) is 8.42 Å². The smallest absolute Gasteiger partial charge is 0.256 e. The molecule has 8 heteroatoms. The molecule has 1 aromatic carbocycles. The molecule has 0 aliphatic carbocycles. The predicted molar refractivity (Wildman–Crippen MR) is 118 cm³/mol. The fourth-order valence-corrected chi connectivity index (χ4v) is 4.83. The Bertz CT molecular complexity index is 1220. The number of H-pyrrole nitrogens is 1. The number of sulfonamides is 1. The molecule has 2 aromatic heterocycles. The first kappa shape index (κ1) is 20.4. The molecule has 0 unspecified atom stereocenters. The van der Waals surface area contributed by atoms with Gasteiger partial charge in [0.2, 0.25) is 10.0 Å². The zero-order chi connectivity index (χ0) is 21.5. The van der Waals surface area contributed by atoms with E-state index in [1.165, 1.54) is 0 Å². The zero-order valence-corrected chi connectivity index (χ0v) is 18.2. The molecule has 3 aromatic rings. The summed E-state index contributed by atoms with van der Waals surface area (Å²) in [6.07, 6.45) is 3.87. The standard InChI is InChI=1S/C22H26N4O3S/c1-14-12-15(2)23-19-13-18(24-21(14)19)20-10-6-7-11-26(20)22(27)16-8-4-5-9-17(16)25-30(3,28)29/h4-5,8-9,12-13,20,24-25H,6-7,10-11H2,1-3H3/t20-/m1/s1. The van der Waals surface area contributed by atoms with Crippen molar-refractivity contribution in [1.29, 1.82) is 0 Å². The molecule has 2 N–H and O–H groups in total. The molecule has 1 aliphatic rings. The number of pyridine rings is 1. The maximum absolute atomic E-state index is 13.5. The van der Waals surface area contributed by atoms with Crippen molar-refractivity contribution < 1.29 is 13.2 Å². The van der Waals surface area contributed by atoms with E-state index in [1.54, 1.807) is 24.3 Å². The van der Waals surface area contributed by atoms with E-state index in [9.17, 15) is 13.2 Å². The van der Waals surface area contributed by atoms with Crippen LogP contribution in [0.25, 0.3) is 11.0 Å². The summed E-state index contributed by atoms with van der Waals surface area (Å²) in [5.41, 5.74) is 5.61. The van der Waals surface area contributed by atoms with E-state index in [0.29, 0.717) is 17.8 Å². The number of carbonyl (C=O) groups is 1. The number of nitrogens with zero attached hydrogens (tertiary/aromatic N) is 2. The number of aryl methyl sites for hydroxylation is 2. The number of hydrogen-bond acceptors (Lipinski definition) is 4. The Balaban J connectivity index is 1.72. The van der Waals surface area contributed by atoms with Gasteiger partial charge in [0.1, 0.15) is 0 Å². The van der Waals surface area contributed by atoms with Gasteiger partial charge in [-0.3, -0.25) is 14.5 Å². The van der Waals surface area contributed by atoms with Crippen LogP contribution < -0.4 is 4.72 Å². The highest BCUT2D eigenvalue weighted by molar-refractivity contribution is 7.92. The van der Waals surface area contributed by atoms with E-state index in [2.05, 4.69) is 14.7 Å². The Morgan fingerprint density at radius 3 is 2.73 bits per heavy atom. The van der Waals surface area contributed by atoms with Gasteiger partial charge in [-0.15, -0.1) is 0 Å². The molecule has 0 spiro atoms. The van der Waals surface area contributed by atoms with Crippen LogP contribution in [0.15, 0.2) is 36.4 Å². The van der Waals surface area contributed by atoms with Crippen LogP contribution in [-0.2, 0) is 10.0 Å². The first-order valence-corrected chi connectivity index (χ1v) is 12.0. The fourth-order valence-electron chi connectivity index (χ4n) is 4.25. The lowest BCUT2D eigenvalue weighted by molar-refractivity contribution is 0.0608. The first-order valence-electron chi connectivity index (χ1n) is 10.1. The third-order valence-electron chi connectivity index (χ3n) is 5.51. The van der Waals surface area contributed by atoms with Crippen molar-refractivity contribution in [3.8, 4) is 0 Å². The lowest BCUT2D eigenvalue weighted by atomic mass is 9.98.